The number of amides is 2. The Kier molecular flexibility index (Phi) is 4.49. The number of urea groups is 1. The molecule has 3 aliphatic rings. The van der Waals surface area contributed by atoms with Gasteiger partial charge in [0.05, 0.1) is 6.10 Å². The van der Waals surface area contributed by atoms with Gasteiger partial charge in [0.2, 0.25) is 0 Å². The zero-order chi connectivity index (χ0) is 13.9. The molecule has 2 amide bonds. The van der Waals surface area contributed by atoms with E-state index >= 15 is 0 Å². The highest BCUT2D eigenvalue weighted by Gasteiger charge is 2.39. The number of aliphatic hydroxyl groups is 1. The van der Waals surface area contributed by atoms with E-state index in [0.29, 0.717) is 12.0 Å². The molecule has 4 heteroatoms. The van der Waals surface area contributed by atoms with Crippen LogP contribution in [0.1, 0.15) is 64.2 Å². The van der Waals surface area contributed by atoms with Crippen LogP contribution in [0, 0.1) is 5.92 Å². The van der Waals surface area contributed by atoms with Crippen LogP contribution in [0.4, 0.5) is 4.79 Å². The van der Waals surface area contributed by atoms with Crippen molar-refractivity contribution in [2.24, 2.45) is 5.92 Å². The Bertz CT molecular complexity index is 341. The van der Waals surface area contributed by atoms with Crippen LogP contribution >= 0.6 is 0 Å². The SMILES string of the molecule is O=C(NC1CCCC1)N1CCCCC1C1CCCC1O. The van der Waals surface area contributed by atoms with Crippen LogP contribution in [-0.2, 0) is 0 Å². The number of carbonyl (C=O) groups is 1. The van der Waals surface area contributed by atoms with Crippen LogP contribution in [0.25, 0.3) is 0 Å². The number of piperidine rings is 1. The monoisotopic (exact) mass is 280 g/mol. The number of rotatable bonds is 2. The summed E-state index contributed by atoms with van der Waals surface area (Å²) in [5.41, 5.74) is 0. The molecule has 0 aromatic rings. The quantitative estimate of drug-likeness (QED) is 0.817. The van der Waals surface area contributed by atoms with Gasteiger partial charge in [-0.3, -0.25) is 0 Å². The van der Waals surface area contributed by atoms with Gasteiger partial charge in [-0.1, -0.05) is 19.3 Å². The van der Waals surface area contributed by atoms with Gasteiger partial charge in [0.15, 0.2) is 0 Å². The molecule has 2 aliphatic carbocycles. The number of nitrogens with one attached hydrogen (secondary N) is 1. The molecule has 20 heavy (non-hydrogen) atoms. The fourth-order valence-electron chi connectivity index (χ4n) is 4.40. The Morgan fingerprint density at radius 1 is 0.950 bits per heavy atom. The molecule has 4 nitrogen and oxygen atoms in total. The fraction of sp³-hybridized carbons (Fsp3) is 0.938. The van der Waals surface area contributed by atoms with E-state index in [2.05, 4.69) is 5.32 Å². The zero-order valence-electron chi connectivity index (χ0n) is 12.4. The van der Waals surface area contributed by atoms with E-state index in [1.807, 2.05) is 4.90 Å². The van der Waals surface area contributed by atoms with E-state index in [4.69, 9.17) is 0 Å². The summed E-state index contributed by atoms with van der Waals surface area (Å²) in [6.07, 6.45) is 11.1. The molecule has 1 aliphatic heterocycles. The number of likely N-dealkylation sites (tertiary alicyclic amines) is 1. The highest BCUT2D eigenvalue weighted by Crippen LogP contribution is 2.35. The Morgan fingerprint density at radius 3 is 2.40 bits per heavy atom. The summed E-state index contributed by atoms with van der Waals surface area (Å²) >= 11 is 0. The second kappa shape index (κ2) is 6.33. The molecule has 3 atom stereocenters. The minimum atomic E-state index is -0.195. The lowest BCUT2D eigenvalue weighted by Gasteiger charge is -2.40. The average Bonchev–Trinajstić information content (AvgIpc) is 3.10. The van der Waals surface area contributed by atoms with Crippen molar-refractivity contribution in [2.45, 2.75) is 82.4 Å². The number of carbonyl (C=O) groups excluding carboxylic acids is 1. The van der Waals surface area contributed by atoms with Gasteiger partial charge >= 0.3 is 6.03 Å². The van der Waals surface area contributed by atoms with Crippen LogP contribution in [0.15, 0.2) is 0 Å². The van der Waals surface area contributed by atoms with Crippen molar-refractivity contribution in [2.75, 3.05) is 6.54 Å². The number of hydrogen-bond donors (Lipinski definition) is 2. The molecule has 1 saturated heterocycles. The molecule has 114 valence electrons. The summed E-state index contributed by atoms with van der Waals surface area (Å²) in [5, 5.41) is 13.4. The third-order valence-corrected chi connectivity index (χ3v) is 5.52. The third kappa shape index (κ3) is 2.95. The van der Waals surface area contributed by atoms with Crippen molar-refractivity contribution in [3.05, 3.63) is 0 Å². The normalized spacial score (nSPS) is 35.5. The highest BCUT2D eigenvalue weighted by atomic mass is 16.3. The number of aliphatic hydroxyl groups excluding tert-OH is 1. The van der Waals surface area contributed by atoms with Gasteiger partial charge in [-0.05, 0) is 44.9 Å². The Balaban J connectivity index is 1.63. The molecule has 3 fully saturated rings. The minimum Gasteiger partial charge on any atom is -0.393 e. The third-order valence-electron chi connectivity index (χ3n) is 5.52. The summed E-state index contributed by atoms with van der Waals surface area (Å²) in [6.45, 7) is 0.867. The first-order chi connectivity index (χ1) is 9.75. The fourth-order valence-corrected chi connectivity index (χ4v) is 4.40. The predicted molar refractivity (Wildman–Crippen MR) is 78.5 cm³/mol. The minimum absolute atomic E-state index is 0.126. The Morgan fingerprint density at radius 2 is 1.70 bits per heavy atom. The summed E-state index contributed by atoms with van der Waals surface area (Å²) < 4.78 is 0. The molecule has 0 aromatic heterocycles. The molecule has 2 saturated carbocycles. The molecule has 0 spiro atoms. The van der Waals surface area contributed by atoms with Crippen molar-refractivity contribution < 1.29 is 9.90 Å². The lowest BCUT2D eigenvalue weighted by atomic mass is 9.88. The first-order valence-electron chi connectivity index (χ1n) is 8.51. The number of hydrogen-bond acceptors (Lipinski definition) is 2. The van der Waals surface area contributed by atoms with E-state index in [1.165, 1.54) is 19.3 Å². The van der Waals surface area contributed by atoms with Gasteiger partial charge in [0.25, 0.3) is 0 Å². The van der Waals surface area contributed by atoms with Crippen molar-refractivity contribution in [3.63, 3.8) is 0 Å². The molecule has 3 unspecified atom stereocenters. The van der Waals surface area contributed by atoms with Gasteiger partial charge < -0.3 is 15.3 Å². The molecule has 2 N–H and O–H groups in total. The lowest BCUT2D eigenvalue weighted by Crippen LogP contribution is -2.54. The number of nitrogens with zero attached hydrogens (tertiary/aromatic N) is 1. The topological polar surface area (TPSA) is 52.6 Å². The second-order valence-corrected chi connectivity index (χ2v) is 6.85. The van der Waals surface area contributed by atoms with Crippen LogP contribution in [-0.4, -0.2) is 40.8 Å². The lowest BCUT2D eigenvalue weighted by molar-refractivity contribution is 0.0521. The van der Waals surface area contributed by atoms with Gasteiger partial charge in [0, 0.05) is 24.5 Å². The molecule has 0 aromatic carbocycles. The van der Waals surface area contributed by atoms with Crippen molar-refractivity contribution in [1.29, 1.82) is 0 Å². The van der Waals surface area contributed by atoms with Gasteiger partial charge in [-0.2, -0.15) is 0 Å². The summed E-state index contributed by atoms with van der Waals surface area (Å²) in [6, 6.07) is 0.780. The maximum atomic E-state index is 12.6. The van der Waals surface area contributed by atoms with Gasteiger partial charge in [0.1, 0.15) is 0 Å². The molecular weight excluding hydrogens is 252 g/mol. The van der Waals surface area contributed by atoms with Crippen molar-refractivity contribution >= 4 is 6.03 Å². The van der Waals surface area contributed by atoms with Crippen LogP contribution in [0.2, 0.25) is 0 Å². The van der Waals surface area contributed by atoms with Crippen LogP contribution in [0.5, 0.6) is 0 Å². The predicted octanol–water partition coefficient (Wildman–Crippen LogP) is 2.65. The van der Waals surface area contributed by atoms with Gasteiger partial charge in [-0.25, -0.2) is 4.79 Å². The first-order valence-corrected chi connectivity index (χ1v) is 8.51. The van der Waals surface area contributed by atoms with Crippen molar-refractivity contribution in [1.82, 2.24) is 10.2 Å². The summed E-state index contributed by atoms with van der Waals surface area (Å²) in [5.74, 6) is 0.310. The molecule has 1 heterocycles. The van der Waals surface area contributed by atoms with Crippen LogP contribution in [0.3, 0.4) is 0 Å². The first kappa shape index (κ1) is 14.2. The molecule has 3 rings (SSSR count). The van der Waals surface area contributed by atoms with Crippen molar-refractivity contribution in [3.8, 4) is 0 Å². The molecular formula is C16H28N2O2. The summed E-state index contributed by atoms with van der Waals surface area (Å²) in [4.78, 5) is 14.6. The maximum absolute atomic E-state index is 12.6. The van der Waals surface area contributed by atoms with E-state index in [0.717, 1.165) is 51.5 Å². The Hall–Kier alpha value is -0.770. The summed E-state index contributed by atoms with van der Waals surface area (Å²) in [7, 11) is 0. The highest BCUT2D eigenvalue weighted by molar-refractivity contribution is 5.75. The molecule has 0 bridgehead atoms. The van der Waals surface area contributed by atoms with Gasteiger partial charge in [-0.15, -0.1) is 0 Å². The standard InChI is InChI=1S/C16H28N2O2/c19-15-10-5-8-13(15)14-9-3-4-11-18(14)16(20)17-12-6-1-2-7-12/h12-15,19H,1-11H2,(H,17,20). The van der Waals surface area contributed by atoms with E-state index in [9.17, 15) is 9.90 Å². The maximum Gasteiger partial charge on any atom is 0.317 e. The van der Waals surface area contributed by atoms with Crippen LogP contribution < -0.4 is 5.32 Å². The van der Waals surface area contributed by atoms with E-state index in [1.54, 1.807) is 0 Å². The molecule has 0 radical (unpaired) electrons. The zero-order valence-corrected chi connectivity index (χ0v) is 12.4. The second-order valence-electron chi connectivity index (χ2n) is 6.85. The largest absolute Gasteiger partial charge is 0.393 e. The van der Waals surface area contributed by atoms with E-state index in [-0.39, 0.29) is 18.2 Å². The average molecular weight is 280 g/mol. The smallest absolute Gasteiger partial charge is 0.317 e. The Labute approximate surface area is 121 Å². The van der Waals surface area contributed by atoms with E-state index < -0.39 is 0 Å².